The van der Waals surface area contributed by atoms with Crippen LogP contribution in [0.25, 0.3) is 5.82 Å². The summed E-state index contributed by atoms with van der Waals surface area (Å²) in [6, 6.07) is 6.10. The summed E-state index contributed by atoms with van der Waals surface area (Å²) in [7, 11) is 0. The van der Waals surface area contributed by atoms with Gasteiger partial charge in [-0.3, -0.25) is 19.4 Å². The van der Waals surface area contributed by atoms with Gasteiger partial charge in [-0.2, -0.15) is 0 Å². The second-order valence-electron chi connectivity index (χ2n) is 6.54. The number of aryl methyl sites for hydroxylation is 1. The molecule has 0 bridgehead atoms. The minimum Gasteiger partial charge on any atom is -0.297 e. The normalized spacial score (nSPS) is 18.4. The predicted molar refractivity (Wildman–Crippen MR) is 95.4 cm³/mol. The molecule has 3 aromatic rings. The first kappa shape index (κ1) is 15.9. The molecule has 3 aromatic heterocycles. The highest BCUT2D eigenvalue weighted by Gasteiger charge is 2.23. The molecule has 0 unspecified atom stereocenters. The van der Waals surface area contributed by atoms with Crippen LogP contribution in [0.1, 0.15) is 36.0 Å². The Bertz CT molecular complexity index is 829. The molecule has 1 aliphatic rings. The zero-order chi connectivity index (χ0) is 17.1. The standard InChI is InChI=1S/C19H22N6/c1-15-21-8-10-25(15)19-12-20-11-18(23-19)16-5-4-9-24(13-16)14-17-6-2-3-7-22-17/h2-3,6-8,10-12,16H,4-5,9,13-14H2,1H3/t16-/m0/s1. The molecule has 0 N–H and O–H groups in total. The van der Waals surface area contributed by atoms with Gasteiger partial charge < -0.3 is 0 Å². The van der Waals surface area contributed by atoms with Crippen LogP contribution in [0.15, 0.2) is 49.2 Å². The van der Waals surface area contributed by atoms with Crippen molar-refractivity contribution in [2.75, 3.05) is 13.1 Å². The highest BCUT2D eigenvalue weighted by atomic mass is 15.2. The minimum absolute atomic E-state index is 0.411. The van der Waals surface area contributed by atoms with Gasteiger partial charge in [-0.15, -0.1) is 0 Å². The van der Waals surface area contributed by atoms with E-state index in [4.69, 9.17) is 4.98 Å². The van der Waals surface area contributed by atoms with Gasteiger partial charge in [-0.25, -0.2) is 9.97 Å². The van der Waals surface area contributed by atoms with Crippen LogP contribution >= 0.6 is 0 Å². The number of hydrogen-bond donors (Lipinski definition) is 0. The van der Waals surface area contributed by atoms with E-state index in [1.165, 1.54) is 6.42 Å². The predicted octanol–water partition coefficient (Wildman–Crippen LogP) is 2.75. The second-order valence-corrected chi connectivity index (χ2v) is 6.54. The molecule has 0 amide bonds. The van der Waals surface area contributed by atoms with Crippen molar-refractivity contribution in [2.45, 2.75) is 32.2 Å². The van der Waals surface area contributed by atoms with E-state index in [-0.39, 0.29) is 0 Å². The Morgan fingerprint density at radius 1 is 1.16 bits per heavy atom. The zero-order valence-corrected chi connectivity index (χ0v) is 14.4. The molecule has 0 aliphatic carbocycles. The molecule has 25 heavy (non-hydrogen) atoms. The van der Waals surface area contributed by atoms with Gasteiger partial charge in [-0.05, 0) is 38.4 Å². The number of rotatable bonds is 4. The summed E-state index contributed by atoms with van der Waals surface area (Å²) >= 11 is 0. The van der Waals surface area contributed by atoms with E-state index in [1.54, 1.807) is 12.4 Å². The van der Waals surface area contributed by atoms with Crippen LogP contribution in [0.2, 0.25) is 0 Å². The van der Waals surface area contributed by atoms with E-state index in [0.29, 0.717) is 5.92 Å². The lowest BCUT2D eigenvalue weighted by atomic mass is 9.95. The van der Waals surface area contributed by atoms with Crippen LogP contribution in [0.4, 0.5) is 0 Å². The Labute approximate surface area is 147 Å². The Morgan fingerprint density at radius 2 is 2.12 bits per heavy atom. The first-order valence-corrected chi connectivity index (χ1v) is 8.74. The summed E-state index contributed by atoms with van der Waals surface area (Å²) < 4.78 is 1.98. The first-order valence-electron chi connectivity index (χ1n) is 8.74. The lowest BCUT2D eigenvalue weighted by molar-refractivity contribution is 0.196. The topological polar surface area (TPSA) is 59.7 Å². The van der Waals surface area contributed by atoms with Gasteiger partial charge in [0.1, 0.15) is 5.82 Å². The third kappa shape index (κ3) is 3.58. The Kier molecular flexibility index (Phi) is 4.52. The fourth-order valence-electron chi connectivity index (χ4n) is 3.46. The summed E-state index contributed by atoms with van der Waals surface area (Å²) in [6.07, 6.45) is 11.6. The minimum atomic E-state index is 0.411. The van der Waals surface area contributed by atoms with Crippen molar-refractivity contribution in [3.05, 3.63) is 66.4 Å². The SMILES string of the molecule is Cc1nccn1-c1cncc([C@H]2CCCN(Cc3ccccn3)C2)n1. The largest absolute Gasteiger partial charge is 0.297 e. The first-order chi connectivity index (χ1) is 12.3. The van der Waals surface area contributed by atoms with Gasteiger partial charge in [0.05, 0.1) is 17.6 Å². The summed E-state index contributed by atoms with van der Waals surface area (Å²) in [5.74, 6) is 2.18. The van der Waals surface area contributed by atoms with Crippen molar-refractivity contribution < 1.29 is 0 Å². The molecule has 6 heteroatoms. The van der Waals surface area contributed by atoms with Gasteiger partial charge in [0.25, 0.3) is 0 Å². The van der Waals surface area contributed by atoms with Crippen LogP contribution in [0, 0.1) is 6.92 Å². The van der Waals surface area contributed by atoms with Gasteiger partial charge in [0.15, 0.2) is 5.82 Å². The Morgan fingerprint density at radius 3 is 2.92 bits per heavy atom. The van der Waals surface area contributed by atoms with E-state index in [1.807, 2.05) is 42.2 Å². The highest BCUT2D eigenvalue weighted by molar-refractivity contribution is 5.24. The lowest BCUT2D eigenvalue weighted by Crippen LogP contribution is -2.34. The molecule has 0 radical (unpaired) electrons. The van der Waals surface area contributed by atoms with Gasteiger partial charge in [-0.1, -0.05) is 6.07 Å². The maximum absolute atomic E-state index is 4.86. The summed E-state index contributed by atoms with van der Waals surface area (Å²) in [4.78, 5) is 20.5. The third-order valence-electron chi connectivity index (χ3n) is 4.75. The lowest BCUT2D eigenvalue weighted by Gasteiger charge is -2.32. The number of nitrogens with zero attached hydrogens (tertiary/aromatic N) is 6. The molecule has 128 valence electrons. The number of pyridine rings is 1. The van der Waals surface area contributed by atoms with Crippen molar-refractivity contribution in [2.24, 2.45) is 0 Å². The molecule has 1 atom stereocenters. The second kappa shape index (κ2) is 7.11. The van der Waals surface area contributed by atoms with E-state index < -0.39 is 0 Å². The monoisotopic (exact) mass is 334 g/mol. The van der Waals surface area contributed by atoms with E-state index in [0.717, 1.165) is 49.1 Å². The van der Waals surface area contributed by atoms with Crippen molar-refractivity contribution in [3.63, 3.8) is 0 Å². The van der Waals surface area contributed by atoms with Crippen molar-refractivity contribution in [3.8, 4) is 5.82 Å². The molecule has 4 heterocycles. The third-order valence-corrected chi connectivity index (χ3v) is 4.75. The van der Waals surface area contributed by atoms with E-state index in [2.05, 4.69) is 25.9 Å². The number of hydrogen-bond acceptors (Lipinski definition) is 5. The van der Waals surface area contributed by atoms with Crippen molar-refractivity contribution in [1.29, 1.82) is 0 Å². The number of imidazole rings is 1. The molecular formula is C19H22N6. The Balaban J connectivity index is 1.51. The molecule has 0 spiro atoms. The smallest absolute Gasteiger partial charge is 0.156 e. The van der Waals surface area contributed by atoms with Crippen LogP contribution in [0.3, 0.4) is 0 Å². The van der Waals surface area contributed by atoms with E-state index >= 15 is 0 Å². The molecule has 6 nitrogen and oxygen atoms in total. The molecule has 0 saturated carbocycles. The summed E-state index contributed by atoms with van der Waals surface area (Å²) in [5, 5.41) is 0. The van der Waals surface area contributed by atoms with Crippen molar-refractivity contribution in [1.82, 2.24) is 29.4 Å². The molecular weight excluding hydrogens is 312 g/mol. The fraction of sp³-hybridized carbons (Fsp3) is 0.368. The average Bonchev–Trinajstić information content (AvgIpc) is 3.09. The van der Waals surface area contributed by atoms with Gasteiger partial charge in [0.2, 0.25) is 0 Å². The van der Waals surface area contributed by atoms with E-state index in [9.17, 15) is 0 Å². The maximum atomic E-state index is 4.86. The number of aromatic nitrogens is 5. The van der Waals surface area contributed by atoms with Gasteiger partial charge >= 0.3 is 0 Å². The number of likely N-dealkylation sites (tertiary alicyclic amines) is 1. The highest BCUT2D eigenvalue weighted by Crippen LogP contribution is 2.26. The molecule has 1 saturated heterocycles. The molecule has 1 aliphatic heterocycles. The quantitative estimate of drug-likeness (QED) is 0.734. The molecule has 4 rings (SSSR count). The van der Waals surface area contributed by atoms with Crippen molar-refractivity contribution >= 4 is 0 Å². The summed E-state index contributed by atoms with van der Waals surface area (Å²) in [6.45, 7) is 4.98. The van der Waals surface area contributed by atoms with Crippen LogP contribution in [0.5, 0.6) is 0 Å². The summed E-state index contributed by atoms with van der Waals surface area (Å²) in [5.41, 5.74) is 2.19. The zero-order valence-electron chi connectivity index (χ0n) is 14.4. The fourth-order valence-corrected chi connectivity index (χ4v) is 3.46. The van der Waals surface area contributed by atoms with Crippen LogP contribution < -0.4 is 0 Å². The number of piperidine rings is 1. The van der Waals surface area contributed by atoms with Crippen LogP contribution in [-0.4, -0.2) is 42.5 Å². The van der Waals surface area contributed by atoms with Gasteiger partial charge in [0, 0.05) is 43.8 Å². The maximum Gasteiger partial charge on any atom is 0.156 e. The average molecular weight is 334 g/mol. The molecule has 1 fully saturated rings. The molecule has 0 aromatic carbocycles. The Hall–Kier alpha value is -2.60. The van der Waals surface area contributed by atoms with Crippen LogP contribution in [-0.2, 0) is 6.54 Å².